The number of esters is 1. The number of carbonyl (C=O) groups is 2. The Balaban J connectivity index is 1.62. The van der Waals surface area contributed by atoms with Crippen molar-refractivity contribution < 1.29 is 19.1 Å². The molecule has 0 aromatic heterocycles. The highest BCUT2D eigenvalue weighted by molar-refractivity contribution is 5.92. The molecule has 0 spiro atoms. The monoisotopic (exact) mass is 368 g/mol. The van der Waals surface area contributed by atoms with Crippen molar-refractivity contribution in [2.75, 3.05) is 14.2 Å². The van der Waals surface area contributed by atoms with Crippen LogP contribution in [-0.4, -0.2) is 26.2 Å². The van der Waals surface area contributed by atoms with E-state index in [1.807, 2.05) is 30.3 Å². The molecule has 0 saturated heterocycles. The van der Waals surface area contributed by atoms with Crippen LogP contribution < -0.4 is 15.4 Å². The maximum atomic E-state index is 12.4. The number of carbonyl (C=O) groups excluding carboxylic acids is 2. The summed E-state index contributed by atoms with van der Waals surface area (Å²) in [7, 11) is 2.82. The first-order valence-corrected chi connectivity index (χ1v) is 8.97. The van der Waals surface area contributed by atoms with E-state index in [0.717, 1.165) is 24.0 Å². The summed E-state index contributed by atoms with van der Waals surface area (Å²) in [6, 6.07) is 15.0. The Bertz CT molecular complexity index is 803. The van der Waals surface area contributed by atoms with Gasteiger partial charge in [0.25, 0.3) is 0 Å². The van der Waals surface area contributed by atoms with Crippen molar-refractivity contribution >= 4 is 12.0 Å². The van der Waals surface area contributed by atoms with E-state index >= 15 is 0 Å². The van der Waals surface area contributed by atoms with Crippen molar-refractivity contribution in [2.24, 2.45) is 5.92 Å². The van der Waals surface area contributed by atoms with Crippen LogP contribution in [0.25, 0.3) is 0 Å². The molecule has 6 nitrogen and oxygen atoms in total. The topological polar surface area (TPSA) is 76.7 Å². The minimum absolute atomic E-state index is 0.0210. The van der Waals surface area contributed by atoms with Crippen LogP contribution in [-0.2, 0) is 11.3 Å². The van der Waals surface area contributed by atoms with Crippen molar-refractivity contribution in [1.82, 2.24) is 10.6 Å². The molecule has 2 aromatic carbocycles. The van der Waals surface area contributed by atoms with Crippen molar-refractivity contribution in [3.8, 4) is 5.75 Å². The largest absolute Gasteiger partial charge is 0.496 e. The number of amides is 2. The van der Waals surface area contributed by atoms with Gasteiger partial charge in [-0.3, -0.25) is 0 Å². The van der Waals surface area contributed by atoms with Crippen LogP contribution in [0, 0.1) is 5.92 Å². The van der Waals surface area contributed by atoms with Crippen LogP contribution in [0.2, 0.25) is 0 Å². The molecule has 27 heavy (non-hydrogen) atoms. The predicted octanol–water partition coefficient (Wildman–Crippen LogP) is 3.43. The summed E-state index contributed by atoms with van der Waals surface area (Å²) in [5.41, 5.74) is 2.24. The first-order valence-electron chi connectivity index (χ1n) is 8.97. The molecule has 2 aromatic rings. The van der Waals surface area contributed by atoms with E-state index in [4.69, 9.17) is 9.47 Å². The molecule has 1 saturated carbocycles. The molecule has 0 radical (unpaired) electrons. The van der Waals surface area contributed by atoms with Gasteiger partial charge in [-0.05, 0) is 42.0 Å². The fraction of sp³-hybridized carbons (Fsp3) is 0.333. The van der Waals surface area contributed by atoms with E-state index in [1.54, 1.807) is 18.2 Å². The lowest BCUT2D eigenvalue weighted by Crippen LogP contribution is -2.38. The van der Waals surface area contributed by atoms with Crippen LogP contribution in [0.4, 0.5) is 4.79 Å². The van der Waals surface area contributed by atoms with Gasteiger partial charge in [0.1, 0.15) is 11.3 Å². The molecular formula is C21H24N2O4. The number of rotatable bonds is 7. The number of urea groups is 1. The quantitative estimate of drug-likeness (QED) is 0.734. The molecule has 3 rings (SSSR count). The van der Waals surface area contributed by atoms with Gasteiger partial charge in [-0.25, -0.2) is 9.59 Å². The van der Waals surface area contributed by atoms with Crippen LogP contribution in [0.3, 0.4) is 0 Å². The fourth-order valence-corrected chi connectivity index (χ4v) is 3.07. The lowest BCUT2D eigenvalue weighted by atomic mass is 10.0. The molecule has 6 heteroatoms. The molecule has 1 atom stereocenters. The van der Waals surface area contributed by atoms with Gasteiger partial charge in [-0.15, -0.1) is 0 Å². The SMILES string of the molecule is COC(=O)c1cc(CNC(=O)NC(c2ccccc2)C2CC2)ccc1OC. The second-order valence-corrected chi connectivity index (χ2v) is 6.58. The summed E-state index contributed by atoms with van der Waals surface area (Å²) < 4.78 is 9.96. The van der Waals surface area contributed by atoms with Crippen molar-refractivity contribution in [2.45, 2.75) is 25.4 Å². The van der Waals surface area contributed by atoms with E-state index in [2.05, 4.69) is 10.6 Å². The van der Waals surface area contributed by atoms with Crippen molar-refractivity contribution in [3.05, 3.63) is 65.2 Å². The molecule has 2 amide bonds. The van der Waals surface area contributed by atoms with Crippen LogP contribution in [0.5, 0.6) is 5.75 Å². The maximum Gasteiger partial charge on any atom is 0.341 e. The standard InChI is InChI=1S/C21H24N2O4/c1-26-18-11-8-14(12-17(18)20(24)27-2)13-22-21(25)23-19(16-9-10-16)15-6-4-3-5-7-15/h3-8,11-12,16,19H,9-10,13H2,1-2H3,(H2,22,23,25). The van der Waals surface area contributed by atoms with Crippen molar-refractivity contribution in [3.63, 3.8) is 0 Å². The zero-order valence-electron chi connectivity index (χ0n) is 15.5. The van der Waals surface area contributed by atoms with E-state index in [-0.39, 0.29) is 12.1 Å². The van der Waals surface area contributed by atoms with Crippen LogP contribution in [0.1, 0.15) is 40.4 Å². The Hall–Kier alpha value is -3.02. The van der Waals surface area contributed by atoms with Gasteiger partial charge in [0.05, 0.1) is 20.3 Å². The first kappa shape index (κ1) is 18.8. The number of nitrogens with one attached hydrogen (secondary N) is 2. The minimum atomic E-state index is -0.476. The highest BCUT2D eigenvalue weighted by Crippen LogP contribution is 2.40. The highest BCUT2D eigenvalue weighted by atomic mass is 16.5. The summed E-state index contributed by atoms with van der Waals surface area (Å²) in [5, 5.41) is 5.93. The van der Waals surface area contributed by atoms with Crippen molar-refractivity contribution in [1.29, 1.82) is 0 Å². The molecule has 0 heterocycles. The molecule has 1 fully saturated rings. The van der Waals surface area contributed by atoms with Gasteiger partial charge in [0.15, 0.2) is 0 Å². The molecule has 1 aliphatic carbocycles. The third-order valence-electron chi connectivity index (χ3n) is 4.66. The number of benzene rings is 2. The Morgan fingerprint density at radius 3 is 2.48 bits per heavy atom. The number of hydrogen-bond acceptors (Lipinski definition) is 4. The Morgan fingerprint density at radius 1 is 1.11 bits per heavy atom. The summed E-state index contributed by atoms with van der Waals surface area (Å²) in [6.45, 7) is 0.298. The van der Waals surface area contributed by atoms with E-state index in [1.165, 1.54) is 14.2 Å². The number of hydrogen-bond donors (Lipinski definition) is 2. The number of methoxy groups -OCH3 is 2. The van der Waals surface area contributed by atoms with E-state index in [9.17, 15) is 9.59 Å². The van der Waals surface area contributed by atoms with Gasteiger partial charge in [-0.2, -0.15) is 0 Å². The van der Waals surface area contributed by atoms with E-state index in [0.29, 0.717) is 23.8 Å². The van der Waals surface area contributed by atoms with Crippen LogP contribution in [0.15, 0.2) is 48.5 Å². The number of ether oxygens (including phenoxy) is 2. The average Bonchev–Trinajstić information content (AvgIpc) is 3.55. The van der Waals surface area contributed by atoms with Gasteiger partial charge in [-0.1, -0.05) is 36.4 Å². The normalized spacial score (nSPS) is 14.1. The zero-order chi connectivity index (χ0) is 19.2. The molecule has 0 aliphatic heterocycles. The smallest absolute Gasteiger partial charge is 0.341 e. The Kier molecular flexibility index (Phi) is 5.96. The molecular weight excluding hydrogens is 344 g/mol. The van der Waals surface area contributed by atoms with Gasteiger partial charge < -0.3 is 20.1 Å². The third-order valence-corrected chi connectivity index (χ3v) is 4.66. The highest BCUT2D eigenvalue weighted by Gasteiger charge is 2.33. The average molecular weight is 368 g/mol. The maximum absolute atomic E-state index is 12.4. The predicted molar refractivity (Wildman–Crippen MR) is 102 cm³/mol. The Morgan fingerprint density at radius 2 is 1.85 bits per heavy atom. The fourth-order valence-electron chi connectivity index (χ4n) is 3.07. The summed E-state index contributed by atoms with van der Waals surface area (Å²) in [4.78, 5) is 24.3. The lowest BCUT2D eigenvalue weighted by Gasteiger charge is -2.19. The summed E-state index contributed by atoms with van der Waals surface area (Å²) >= 11 is 0. The Labute approximate surface area is 158 Å². The third kappa shape index (κ3) is 4.78. The lowest BCUT2D eigenvalue weighted by molar-refractivity contribution is 0.0597. The molecule has 142 valence electrons. The van der Waals surface area contributed by atoms with Gasteiger partial charge >= 0.3 is 12.0 Å². The van der Waals surface area contributed by atoms with Gasteiger partial charge in [0.2, 0.25) is 0 Å². The minimum Gasteiger partial charge on any atom is -0.496 e. The molecule has 2 N–H and O–H groups in total. The second kappa shape index (κ2) is 8.58. The zero-order valence-corrected chi connectivity index (χ0v) is 15.5. The first-order chi connectivity index (χ1) is 13.1. The molecule has 1 unspecified atom stereocenters. The summed E-state index contributed by atoms with van der Waals surface area (Å²) in [6.07, 6.45) is 2.25. The second-order valence-electron chi connectivity index (χ2n) is 6.58. The van der Waals surface area contributed by atoms with E-state index < -0.39 is 5.97 Å². The molecule has 0 bridgehead atoms. The van der Waals surface area contributed by atoms with Gasteiger partial charge in [0, 0.05) is 6.54 Å². The molecule has 1 aliphatic rings. The van der Waals surface area contributed by atoms with Crippen LogP contribution >= 0.6 is 0 Å². The summed E-state index contributed by atoms with van der Waals surface area (Å²) in [5.74, 6) is 0.453.